The van der Waals surface area contributed by atoms with E-state index in [1.54, 1.807) is 25.1 Å². The molecule has 0 atom stereocenters. The molecule has 0 unspecified atom stereocenters. The van der Waals surface area contributed by atoms with Crippen molar-refractivity contribution in [3.63, 3.8) is 0 Å². The van der Waals surface area contributed by atoms with Crippen LogP contribution in [-0.2, 0) is 6.18 Å². The Balaban J connectivity index is 1.56. The number of carboxylic acid groups (broad SMARTS) is 1. The van der Waals surface area contributed by atoms with Gasteiger partial charge in [-0.15, -0.1) is 0 Å². The predicted octanol–water partition coefficient (Wildman–Crippen LogP) is 5.11. The molecule has 0 bridgehead atoms. The minimum Gasteiger partial charge on any atom is -0.478 e. The van der Waals surface area contributed by atoms with Gasteiger partial charge < -0.3 is 10.4 Å². The zero-order valence-electron chi connectivity index (χ0n) is 16.8. The number of rotatable bonds is 5. The molecule has 33 heavy (non-hydrogen) atoms. The number of aromatic carboxylic acids is 1. The number of fused-ring (bicyclic) bond motifs is 1. The van der Waals surface area contributed by atoms with Crippen molar-refractivity contribution in [1.82, 2.24) is 15.0 Å². The van der Waals surface area contributed by atoms with Crippen molar-refractivity contribution in [3.8, 4) is 0 Å². The summed E-state index contributed by atoms with van der Waals surface area (Å²) >= 11 is 1.12. The average molecular weight is 473 g/mol. The lowest BCUT2D eigenvalue weighted by Gasteiger charge is -2.11. The Kier molecular flexibility index (Phi) is 5.68. The van der Waals surface area contributed by atoms with Crippen molar-refractivity contribution in [1.29, 1.82) is 0 Å². The first-order chi connectivity index (χ1) is 15.6. The number of alkyl halides is 3. The average Bonchev–Trinajstić information content (AvgIpc) is 3.16. The summed E-state index contributed by atoms with van der Waals surface area (Å²) in [6.07, 6.45) is -3.62. The number of aryl methyl sites for hydroxylation is 1. The van der Waals surface area contributed by atoms with Gasteiger partial charge in [-0.05, 0) is 48.9 Å². The number of nitrogens with one attached hydrogen (secondary N) is 2. The fourth-order valence-corrected chi connectivity index (χ4v) is 3.83. The van der Waals surface area contributed by atoms with E-state index in [0.29, 0.717) is 21.5 Å². The number of carbonyl (C=O) groups excluding carboxylic acids is 1. The number of halogens is 3. The van der Waals surface area contributed by atoms with Crippen LogP contribution in [0.3, 0.4) is 0 Å². The van der Waals surface area contributed by atoms with Crippen molar-refractivity contribution in [2.45, 2.75) is 13.1 Å². The van der Waals surface area contributed by atoms with Gasteiger partial charge in [0.2, 0.25) is 5.95 Å². The molecule has 2 heterocycles. The number of carboxylic acids is 1. The van der Waals surface area contributed by atoms with Crippen LogP contribution in [0.5, 0.6) is 0 Å². The monoisotopic (exact) mass is 473 g/mol. The quantitative estimate of drug-likeness (QED) is 0.369. The van der Waals surface area contributed by atoms with Crippen molar-refractivity contribution < 1.29 is 27.9 Å². The largest absolute Gasteiger partial charge is 0.478 e. The van der Waals surface area contributed by atoms with Crippen molar-refractivity contribution >= 4 is 50.2 Å². The van der Waals surface area contributed by atoms with Crippen LogP contribution in [0.25, 0.3) is 10.2 Å². The third-order valence-corrected chi connectivity index (χ3v) is 5.47. The molecular formula is C21H14F3N5O3S. The van der Waals surface area contributed by atoms with Crippen molar-refractivity contribution in [2.75, 3.05) is 10.6 Å². The molecule has 0 aliphatic carbocycles. The third kappa shape index (κ3) is 4.90. The van der Waals surface area contributed by atoms with Crippen LogP contribution in [0, 0.1) is 6.92 Å². The van der Waals surface area contributed by atoms with Gasteiger partial charge >= 0.3 is 12.1 Å². The van der Waals surface area contributed by atoms with Crippen LogP contribution in [0.2, 0.25) is 0 Å². The molecule has 0 aliphatic rings. The summed E-state index contributed by atoms with van der Waals surface area (Å²) in [6.45, 7) is 1.71. The number of carbonyl (C=O) groups is 2. The molecule has 1 amide bonds. The number of hydrogen-bond acceptors (Lipinski definition) is 7. The summed E-state index contributed by atoms with van der Waals surface area (Å²) in [6, 6.07) is 9.88. The molecule has 2 aromatic carbocycles. The van der Waals surface area contributed by atoms with Gasteiger partial charge in [0.1, 0.15) is 5.69 Å². The van der Waals surface area contributed by atoms with Crippen LogP contribution >= 0.6 is 11.3 Å². The van der Waals surface area contributed by atoms with Gasteiger partial charge in [-0.1, -0.05) is 17.4 Å². The Bertz CT molecular complexity index is 1390. The van der Waals surface area contributed by atoms with Gasteiger partial charge in [0, 0.05) is 17.4 Å². The molecule has 4 aromatic rings. The SMILES string of the molecule is Cc1ccc(Nc2nccc(C(F)(F)F)n2)cc1C(=O)Nc1nc2ccc(C(=O)O)cc2s1. The van der Waals surface area contributed by atoms with Crippen molar-refractivity contribution in [3.05, 3.63) is 71.0 Å². The highest BCUT2D eigenvalue weighted by atomic mass is 32.1. The number of hydrogen-bond donors (Lipinski definition) is 3. The number of amides is 1. The van der Waals surface area contributed by atoms with Gasteiger partial charge in [-0.3, -0.25) is 10.1 Å². The summed E-state index contributed by atoms with van der Waals surface area (Å²) in [4.78, 5) is 35.5. The topological polar surface area (TPSA) is 117 Å². The van der Waals surface area contributed by atoms with Crippen LogP contribution < -0.4 is 10.6 Å². The first-order valence-corrected chi connectivity index (χ1v) is 10.1. The minimum absolute atomic E-state index is 0.107. The van der Waals surface area contributed by atoms with Crippen LogP contribution in [0.4, 0.5) is 29.9 Å². The van der Waals surface area contributed by atoms with E-state index in [1.165, 1.54) is 18.2 Å². The maximum absolute atomic E-state index is 12.9. The van der Waals surface area contributed by atoms with E-state index in [4.69, 9.17) is 5.11 Å². The molecule has 12 heteroatoms. The van der Waals surface area contributed by atoms with E-state index in [9.17, 15) is 22.8 Å². The van der Waals surface area contributed by atoms with E-state index in [-0.39, 0.29) is 22.2 Å². The highest BCUT2D eigenvalue weighted by Crippen LogP contribution is 2.29. The Hall–Kier alpha value is -4.06. The second kappa shape index (κ2) is 8.47. The maximum Gasteiger partial charge on any atom is 0.433 e. The van der Waals surface area contributed by atoms with E-state index >= 15 is 0 Å². The molecule has 3 N–H and O–H groups in total. The van der Waals surface area contributed by atoms with E-state index < -0.39 is 23.7 Å². The fraction of sp³-hybridized carbons (Fsp3) is 0.0952. The molecule has 0 saturated carbocycles. The second-order valence-electron chi connectivity index (χ2n) is 6.88. The minimum atomic E-state index is -4.61. The lowest BCUT2D eigenvalue weighted by molar-refractivity contribution is -0.141. The Morgan fingerprint density at radius 3 is 2.58 bits per heavy atom. The number of anilines is 3. The van der Waals surface area contributed by atoms with Crippen LogP contribution in [0.1, 0.15) is 32.0 Å². The Morgan fingerprint density at radius 2 is 1.85 bits per heavy atom. The number of nitrogens with zero attached hydrogens (tertiary/aromatic N) is 3. The van der Waals surface area contributed by atoms with Crippen LogP contribution in [-0.4, -0.2) is 31.9 Å². The van der Waals surface area contributed by atoms with E-state index in [1.807, 2.05) is 0 Å². The molecule has 0 aliphatic heterocycles. The molecule has 8 nitrogen and oxygen atoms in total. The zero-order valence-corrected chi connectivity index (χ0v) is 17.6. The summed E-state index contributed by atoms with van der Waals surface area (Å²) < 4.78 is 39.2. The molecule has 4 rings (SSSR count). The Morgan fingerprint density at radius 1 is 1.06 bits per heavy atom. The van der Waals surface area contributed by atoms with Gasteiger partial charge in [-0.25, -0.2) is 19.7 Å². The summed E-state index contributed by atoms with van der Waals surface area (Å²) in [5, 5.41) is 14.7. The summed E-state index contributed by atoms with van der Waals surface area (Å²) in [5.74, 6) is -1.82. The molecule has 0 spiro atoms. The molecule has 0 saturated heterocycles. The molecule has 0 fully saturated rings. The first-order valence-electron chi connectivity index (χ1n) is 9.33. The number of benzene rings is 2. The van der Waals surface area contributed by atoms with Crippen molar-refractivity contribution in [2.24, 2.45) is 0 Å². The van der Waals surface area contributed by atoms with E-state index in [2.05, 4.69) is 25.6 Å². The number of thiazole rings is 1. The third-order valence-electron chi connectivity index (χ3n) is 4.54. The van der Waals surface area contributed by atoms with Gasteiger partial charge in [0.25, 0.3) is 5.91 Å². The lowest BCUT2D eigenvalue weighted by Crippen LogP contribution is -2.14. The highest BCUT2D eigenvalue weighted by molar-refractivity contribution is 7.22. The standard InChI is InChI=1S/C21H14F3N5O3S/c1-10-2-4-12(26-19-25-7-6-16(28-19)21(22,23)24)9-13(10)17(30)29-20-27-14-5-3-11(18(31)32)8-15(14)33-20/h2-9H,1H3,(H,31,32)(H,25,26,28)(H,27,29,30). The predicted molar refractivity (Wildman–Crippen MR) is 116 cm³/mol. The zero-order chi connectivity index (χ0) is 23.8. The van der Waals surface area contributed by atoms with Gasteiger partial charge in [0.05, 0.1) is 15.8 Å². The molecule has 2 aromatic heterocycles. The highest BCUT2D eigenvalue weighted by Gasteiger charge is 2.32. The van der Waals surface area contributed by atoms with Gasteiger partial charge in [0.15, 0.2) is 5.13 Å². The second-order valence-corrected chi connectivity index (χ2v) is 7.91. The molecule has 168 valence electrons. The van der Waals surface area contributed by atoms with Gasteiger partial charge in [-0.2, -0.15) is 13.2 Å². The first kappa shape index (κ1) is 22.1. The van der Waals surface area contributed by atoms with Crippen LogP contribution in [0.15, 0.2) is 48.7 Å². The normalized spacial score (nSPS) is 11.4. The lowest BCUT2D eigenvalue weighted by atomic mass is 10.1. The fourth-order valence-electron chi connectivity index (χ4n) is 2.93. The maximum atomic E-state index is 12.9. The summed E-state index contributed by atoms with van der Waals surface area (Å²) in [5.41, 5.74) is 0.756. The number of aromatic nitrogens is 3. The summed E-state index contributed by atoms with van der Waals surface area (Å²) in [7, 11) is 0. The smallest absolute Gasteiger partial charge is 0.433 e. The van der Waals surface area contributed by atoms with E-state index in [0.717, 1.165) is 23.6 Å². The Labute approximate surface area is 188 Å². The molecular weight excluding hydrogens is 459 g/mol. The molecule has 0 radical (unpaired) electrons.